The number of fused-ring (bicyclic) bond motifs is 1. The number of nitrogens with zero attached hydrogens (tertiary/aromatic N) is 1. The molecule has 1 aliphatic carbocycles. The Hall–Kier alpha value is -1.61. The van der Waals surface area contributed by atoms with Crippen LogP contribution < -0.4 is 5.32 Å². The molecule has 1 aliphatic rings. The first-order valence-electron chi connectivity index (χ1n) is 7.36. The lowest BCUT2D eigenvalue weighted by Crippen LogP contribution is -2.40. The van der Waals surface area contributed by atoms with E-state index in [4.69, 9.17) is 0 Å². The molecule has 1 aromatic carbocycles. The second-order valence-electron chi connectivity index (χ2n) is 6.08. The van der Waals surface area contributed by atoms with E-state index in [9.17, 15) is 5.11 Å². The summed E-state index contributed by atoms with van der Waals surface area (Å²) >= 11 is 0. The van der Waals surface area contributed by atoms with Gasteiger partial charge in [-0.05, 0) is 38.3 Å². The van der Waals surface area contributed by atoms with E-state index in [0.29, 0.717) is 0 Å². The quantitative estimate of drug-likeness (QED) is 0.894. The molecule has 3 nitrogen and oxygen atoms in total. The molecule has 106 valence electrons. The van der Waals surface area contributed by atoms with Crippen molar-refractivity contribution >= 4 is 16.6 Å². The van der Waals surface area contributed by atoms with Gasteiger partial charge in [0.2, 0.25) is 0 Å². The number of aromatic nitrogens is 1. The van der Waals surface area contributed by atoms with Gasteiger partial charge in [-0.3, -0.25) is 4.98 Å². The van der Waals surface area contributed by atoms with E-state index in [1.807, 2.05) is 6.07 Å². The molecule has 0 saturated heterocycles. The standard InChI is InChI=1S/C17H22N2O/c1-12-13(2)19-15-7-4-3-6-14(15)16(12)18-10-17(11-20)8-5-9-17/h3-4,6-7,20H,5,8-11H2,1-2H3,(H,18,19). The zero-order valence-corrected chi connectivity index (χ0v) is 12.2. The summed E-state index contributed by atoms with van der Waals surface area (Å²) in [6, 6.07) is 8.24. The Morgan fingerprint density at radius 1 is 1.25 bits per heavy atom. The van der Waals surface area contributed by atoms with Crippen molar-refractivity contribution in [2.45, 2.75) is 33.1 Å². The molecular formula is C17H22N2O. The summed E-state index contributed by atoms with van der Waals surface area (Å²) in [6.45, 7) is 5.29. The largest absolute Gasteiger partial charge is 0.396 e. The molecule has 0 radical (unpaired) electrons. The fraction of sp³-hybridized carbons (Fsp3) is 0.471. The Morgan fingerprint density at radius 2 is 2.00 bits per heavy atom. The van der Waals surface area contributed by atoms with Crippen LogP contribution in [-0.2, 0) is 0 Å². The van der Waals surface area contributed by atoms with Crippen molar-refractivity contribution in [2.75, 3.05) is 18.5 Å². The van der Waals surface area contributed by atoms with Crippen LogP contribution in [0.4, 0.5) is 5.69 Å². The molecule has 3 heteroatoms. The van der Waals surface area contributed by atoms with Crippen LogP contribution >= 0.6 is 0 Å². The van der Waals surface area contributed by atoms with Crippen LogP contribution in [0.2, 0.25) is 0 Å². The molecular weight excluding hydrogens is 248 g/mol. The summed E-state index contributed by atoms with van der Waals surface area (Å²) < 4.78 is 0. The molecule has 2 aromatic rings. The third-order valence-corrected chi connectivity index (χ3v) is 4.77. The predicted octanol–water partition coefficient (Wildman–Crippen LogP) is 3.43. The van der Waals surface area contributed by atoms with Crippen LogP contribution in [0.3, 0.4) is 0 Å². The molecule has 0 amide bonds. The monoisotopic (exact) mass is 270 g/mol. The molecule has 0 aliphatic heterocycles. The highest BCUT2D eigenvalue weighted by Gasteiger charge is 2.36. The summed E-state index contributed by atoms with van der Waals surface area (Å²) in [5.74, 6) is 0. The Kier molecular flexibility index (Phi) is 3.38. The third kappa shape index (κ3) is 2.16. The van der Waals surface area contributed by atoms with Gasteiger partial charge in [-0.15, -0.1) is 0 Å². The van der Waals surface area contributed by atoms with Crippen molar-refractivity contribution in [3.63, 3.8) is 0 Å². The zero-order valence-electron chi connectivity index (χ0n) is 12.2. The minimum absolute atomic E-state index is 0.0880. The van der Waals surface area contributed by atoms with Gasteiger partial charge < -0.3 is 10.4 Å². The molecule has 3 rings (SSSR count). The Morgan fingerprint density at radius 3 is 2.65 bits per heavy atom. The van der Waals surface area contributed by atoms with Crippen LogP contribution in [0.5, 0.6) is 0 Å². The van der Waals surface area contributed by atoms with E-state index in [2.05, 4.69) is 42.3 Å². The topological polar surface area (TPSA) is 45.2 Å². The van der Waals surface area contributed by atoms with Crippen molar-refractivity contribution in [2.24, 2.45) is 5.41 Å². The van der Waals surface area contributed by atoms with Crippen molar-refractivity contribution in [3.8, 4) is 0 Å². The summed E-state index contributed by atoms with van der Waals surface area (Å²) in [7, 11) is 0. The number of hydrogen-bond acceptors (Lipinski definition) is 3. The number of aryl methyl sites for hydroxylation is 1. The van der Waals surface area contributed by atoms with Gasteiger partial charge in [-0.2, -0.15) is 0 Å². The van der Waals surface area contributed by atoms with Gasteiger partial charge in [0.15, 0.2) is 0 Å². The smallest absolute Gasteiger partial charge is 0.0726 e. The second-order valence-corrected chi connectivity index (χ2v) is 6.08. The van der Waals surface area contributed by atoms with Crippen LogP contribution in [0, 0.1) is 19.3 Å². The van der Waals surface area contributed by atoms with E-state index in [0.717, 1.165) is 30.6 Å². The fourth-order valence-electron chi connectivity index (χ4n) is 3.00. The summed E-state index contributed by atoms with van der Waals surface area (Å²) in [5, 5.41) is 14.4. The Labute approximate surface area is 120 Å². The van der Waals surface area contributed by atoms with Crippen LogP contribution in [0.1, 0.15) is 30.5 Å². The number of hydrogen-bond donors (Lipinski definition) is 2. The highest BCUT2D eigenvalue weighted by atomic mass is 16.3. The van der Waals surface area contributed by atoms with Crippen molar-refractivity contribution in [1.82, 2.24) is 4.98 Å². The van der Waals surface area contributed by atoms with Crippen LogP contribution in [0.25, 0.3) is 10.9 Å². The first kappa shape index (κ1) is 13.4. The molecule has 1 saturated carbocycles. The highest BCUT2D eigenvalue weighted by Crippen LogP contribution is 2.41. The Bertz CT molecular complexity index is 627. The lowest BCUT2D eigenvalue weighted by atomic mass is 9.69. The maximum Gasteiger partial charge on any atom is 0.0726 e. The average molecular weight is 270 g/mol. The lowest BCUT2D eigenvalue weighted by Gasteiger charge is -2.40. The first-order chi connectivity index (χ1) is 9.65. The van der Waals surface area contributed by atoms with Crippen molar-refractivity contribution in [1.29, 1.82) is 0 Å². The van der Waals surface area contributed by atoms with Gasteiger partial charge in [-0.1, -0.05) is 24.6 Å². The maximum absolute atomic E-state index is 9.60. The molecule has 1 aromatic heterocycles. The predicted molar refractivity (Wildman–Crippen MR) is 83.1 cm³/mol. The van der Waals surface area contributed by atoms with E-state index in [1.54, 1.807) is 0 Å². The van der Waals surface area contributed by atoms with Gasteiger partial charge in [0, 0.05) is 28.7 Å². The number of nitrogens with one attached hydrogen (secondary N) is 1. The number of pyridine rings is 1. The molecule has 0 unspecified atom stereocenters. The highest BCUT2D eigenvalue weighted by molar-refractivity contribution is 5.93. The van der Waals surface area contributed by atoms with Gasteiger partial charge in [-0.25, -0.2) is 0 Å². The van der Waals surface area contributed by atoms with Gasteiger partial charge >= 0.3 is 0 Å². The third-order valence-electron chi connectivity index (χ3n) is 4.77. The Balaban J connectivity index is 1.95. The first-order valence-corrected chi connectivity index (χ1v) is 7.36. The minimum atomic E-state index is 0.0880. The number of rotatable bonds is 4. The molecule has 0 atom stereocenters. The minimum Gasteiger partial charge on any atom is -0.396 e. The summed E-state index contributed by atoms with van der Waals surface area (Å²) in [5.41, 5.74) is 4.57. The van der Waals surface area contributed by atoms with Crippen LogP contribution in [-0.4, -0.2) is 23.2 Å². The number of aliphatic hydroxyl groups is 1. The molecule has 0 bridgehead atoms. The van der Waals surface area contributed by atoms with E-state index >= 15 is 0 Å². The second kappa shape index (κ2) is 5.06. The van der Waals surface area contributed by atoms with E-state index < -0.39 is 0 Å². The summed E-state index contributed by atoms with van der Waals surface area (Å²) in [4.78, 5) is 4.65. The van der Waals surface area contributed by atoms with Gasteiger partial charge in [0.05, 0.1) is 12.1 Å². The zero-order chi connectivity index (χ0) is 14.2. The molecule has 20 heavy (non-hydrogen) atoms. The SMILES string of the molecule is Cc1nc2ccccc2c(NCC2(CO)CCC2)c1C. The van der Waals surface area contributed by atoms with Crippen LogP contribution in [0.15, 0.2) is 24.3 Å². The normalized spacial score (nSPS) is 16.9. The van der Waals surface area contributed by atoms with Gasteiger partial charge in [0.25, 0.3) is 0 Å². The summed E-state index contributed by atoms with van der Waals surface area (Å²) in [6.07, 6.45) is 3.48. The number of aliphatic hydroxyl groups excluding tert-OH is 1. The van der Waals surface area contributed by atoms with Crippen molar-refractivity contribution < 1.29 is 5.11 Å². The van der Waals surface area contributed by atoms with E-state index in [-0.39, 0.29) is 12.0 Å². The molecule has 2 N–H and O–H groups in total. The van der Waals surface area contributed by atoms with E-state index in [1.165, 1.54) is 23.1 Å². The van der Waals surface area contributed by atoms with Gasteiger partial charge in [0.1, 0.15) is 0 Å². The fourth-order valence-corrected chi connectivity index (χ4v) is 3.00. The number of para-hydroxylation sites is 1. The molecule has 1 heterocycles. The lowest BCUT2D eigenvalue weighted by molar-refractivity contribution is 0.0576. The van der Waals surface area contributed by atoms with Crippen molar-refractivity contribution in [3.05, 3.63) is 35.5 Å². The molecule has 0 spiro atoms. The molecule has 1 fully saturated rings. The number of anilines is 1. The average Bonchev–Trinajstić information content (AvgIpc) is 2.42. The maximum atomic E-state index is 9.60. The number of benzene rings is 1.